The van der Waals surface area contributed by atoms with Gasteiger partial charge in [-0.05, 0) is 11.5 Å². The van der Waals surface area contributed by atoms with Gasteiger partial charge in [0, 0.05) is 5.38 Å². The molecule has 0 aliphatic rings. The summed E-state index contributed by atoms with van der Waals surface area (Å²) in [6, 6.07) is 0. The van der Waals surface area contributed by atoms with Crippen LogP contribution in [0.5, 0.6) is 0 Å². The average Bonchev–Trinajstić information content (AvgIpc) is 2.67. The molecule has 2 rings (SSSR count). The standard InChI is InChI=1S/C2H3N3.C2H2N2S/c1-3-2-5-4-1;1-2-5-4-3-1/h1-2H,(H,3,4,5);1-2H. The van der Waals surface area contributed by atoms with Crippen LogP contribution in [0.3, 0.4) is 0 Å². The van der Waals surface area contributed by atoms with E-state index in [-0.39, 0.29) is 0 Å². The summed E-state index contributed by atoms with van der Waals surface area (Å²) in [5, 5.41) is 11.3. The zero-order valence-corrected chi connectivity index (χ0v) is 5.82. The molecule has 2 aromatic heterocycles. The molecule has 10 heavy (non-hydrogen) atoms. The average molecular weight is 155 g/mol. The van der Waals surface area contributed by atoms with Gasteiger partial charge in [0.2, 0.25) is 0 Å². The van der Waals surface area contributed by atoms with E-state index in [1.54, 1.807) is 6.20 Å². The maximum absolute atomic E-state index is 3.56. The van der Waals surface area contributed by atoms with Gasteiger partial charge in [-0.1, -0.05) is 4.49 Å². The van der Waals surface area contributed by atoms with Gasteiger partial charge in [-0.15, -0.1) is 5.10 Å². The lowest BCUT2D eigenvalue weighted by atomic mass is 11.1. The highest BCUT2D eigenvalue weighted by molar-refractivity contribution is 7.03. The minimum atomic E-state index is 1.35. The smallest absolute Gasteiger partial charge is 0.137 e. The van der Waals surface area contributed by atoms with Crippen LogP contribution >= 0.6 is 11.5 Å². The summed E-state index contributed by atoms with van der Waals surface area (Å²) in [7, 11) is 0. The van der Waals surface area contributed by atoms with Crippen molar-refractivity contribution in [3.05, 3.63) is 24.2 Å². The van der Waals surface area contributed by atoms with Gasteiger partial charge in [-0.3, -0.25) is 5.10 Å². The van der Waals surface area contributed by atoms with Gasteiger partial charge in [-0.25, -0.2) is 4.98 Å². The van der Waals surface area contributed by atoms with Crippen LogP contribution in [0.4, 0.5) is 0 Å². The maximum Gasteiger partial charge on any atom is 0.137 e. The second-order valence-corrected chi connectivity index (χ2v) is 1.89. The van der Waals surface area contributed by atoms with Crippen LogP contribution in [0.1, 0.15) is 0 Å². The van der Waals surface area contributed by atoms with Crippen molar-refractivity contribution < 1.29 is 0 Å². The van der Waals surface area contributed by atoms with Crippen LogP contribution in [0.15, 0.2) is 24.2 Å². The molecule has 0 amide bonds. The first-order valence-corrected chi connectivity index (χ1v) is 3.33. The number of aromatic nitrogens is 5. The topological polar surface area (TPSA) is 67.3 Å². The molecule has 0 bridgehead atoms. The molecule has 5 nitrogen and oxygen atoms in total. The molecule has 0 saturated carbocycles. The zero-order valence-electron chi connectivity index (χ0n) is 5.01. The fourth-order valence-electron chi connectivity index (χ4n) is 0.303. The van der Waals surface area contributed by atoms with Crippen molar-refractivity contribution in [2.45, 2.75) is 0 Å². The van der Waals surface area contributed by atoms with Gasteiger partial charge in [0.25, 0.3) is 0 Å². The second kappa shape index (κ2) is 4.57. The molecule has 1 N–H and O–H groups in total. The normalized spacial score (nSPS) is 8.00. The van der Waals surface area contributed by atoms with Crippen LogP contribution in [0, 0.1) is 0 Å². The minimum absolute atomic E-state index is 1.35. The van der Waals surface area contributed by atoms with Crippen LogP contribution in [0.25, 0.3) is 0 Å². The molecular formula is C4H5N5S. The van der Waals surface area contributed by atoms with E-state index in [0.29, 0.717) is 0 Å². The van der Waals surface area contributed by atoms with Gasteiger partial charge >= 0.3 is 0 Å². The van der Waals surface area contributed by atoms with Crippen LogP contribution in [-0.2, 0) is 0 Å². The lowest BCUT2D eigenvalue weighted by molar-refractivity contribution is 1.09. The fourth-order valence-corrected chi connectivity index (χ4v) is 0.575. The van der Waals surface area contributed by atoms with Crippen molar-refractivity contribution in [2.75, 3.05) is 0 Å². The number of hydrogen-bond donors (Lipinski definition) is 1. The van der Waals surface area contributed by atoms with Gasteiger partial charge in [0.1, 0.15) is 12.7 Å². The molecule has 0 radical (unpaired) electrons. The largest absolute Gasteiger partial charge is 0.266 e. The van der Waals surface area contributed by atoms with Crippen LogP contribution < -0.4 is 0 Å². The van der Waals surface area contributed by atoms with E-state index in [0.717, 1.165) is 0 Å². The highest BCUT2D eigenvalue weighted by atomic mass is 32.1. The van der Waals surface area contributed by atoms with Crippen molar-refractivity contribution in [1.29, 1.82) is 0 Å². The molecular weight excluding hydrogens is 150 g/mol. The Labute approximate surface area is 61.3 Å². The Morgan fingerprint density at radius 3 is 2.60 bits per heavy atom. The summed E-state index contributed by atoms with van der Waals surface area (Å²) in [6.45, 7) is 0. The second-order valence-electron chi connectivity index (χ2n) is 1.24. The van der Waals surface area contributed by atoms with E-state index >= 15 is 0 Å². The van der Waals surface area contributed by atoms with E-state index in [9.17, 15) is 0 Å². The molecule has 0 aliphatic carbocycles. The van der Waals surface area contributed by atoms with E-state index in [1.807, 2.05) is 5.38 Å². The maximum atomic E-state index is 3.56. The van der Waals surface area contributed by atoms with E-state index < -0.39 is 0 Å². The van der Waals surface area contributed by atoms with Crippen molar-refractivity contribution in [2.24, 2.45) is 0 Å². The summed E-state index contributed by atoms with van der Waals surface area (Å²) < 4.78 is 3.51. The van der Waals surface area contributed by atoms with Gasteiger partial charge in [0.05, 0.1) is 6.20 Å². The number of rotatable bonds is 0. The Kier molecular flexibility index (Phi) is 3.11. The summed E-state index contributed by atoms with van der Waals surface area (Å²) in [4.78, 5) is 3.56. The predicted molar refractivity (Wildman–Crippen MR) is 36.3 cm³/mol. The highest BCUT2D eigenvalue weighted by Crippen LogP contribution is 1.78. The highest BCUT2D eigenvalue weighted by Gasteiger charge is 1.61. The molecule has 2 heterocycles. The van der Waals surface area contributed by atoms with Crippen molar-refractivity contribution in [3.63, 3.8) is 0 Å². The first-order valence-electron chi connectivity index (χ1n) is 2.50. The molecule has 0 unspecified atom stereocenters. The summed E-state index contributed by atoms with van der Waals surface area (Å²) >= 11 is 1.35. The van der Waals surface area contributed by atoms with Crippen molar-refractivity contribution in [1.82, 2.24) is 24.8 Å². The lowest BCUT2D eigenvalue weighted by Gasteiger charge is -1.46. The van der Waals surface area contributed by atoms with E-state index in [2.05, 4.69) is 24.8 Å². The van der Waals surface area contributed by atoms with Crippen molar-refractivity contribution in [3.8, 4) is 0 Å². The van der Waals surface area contributed by atoms with Crippen molar-refractivity contribution >= 4 is 11.5 Å². The molecule has 0 saturated heterocycles. The first kappa shape index (κ1) is 6.81. The van der Waals surface area contributed by atoms with Gasteiger partial charge in [-0.2, -0.15) is 5.10 Å². The Bertz CT molecular complexity index is 153. The monoisotopic (exact) mass is 155 g/mol. The Morgan fingerprint density at radius 1 is 1.40 bits per heavy atom. The Balaban J connectivity index is 0.0000001000. The molecule has 2 aromatic rings. The number of aromatic amines is 1. The summed E-state index contributed by atoms with van der Waals surface area (Å²) in [5.41, 5.74) is 0. The van der Waals surface area contributed by atoms with E-state index in [4.69, 9.17) is 0 Å². The summed E-state index contributed by atoms with van der Waals surface area (Å²) in [5.74, 6) is 0. The number of nitrogens with zero attached hydrogens (tertiary/aromatic N) is 4. The van der Waals surface area contributed by atoms with Crippen LogP contribution in [0.2, 0.25) is 0 Å². The molecule has 0 aliphatic heterocycles. The van der Waals surface area contributed by atoms with Crippen LogP contribution in [-0.4, -0.2) is 24.8 Å². The zero-order chi connectivity index (χ0) is 7.07. The molecule has 6 heteroatoms. The molecule has 0 atom stereocenters. The lowest BCUT2D eigenvalue weighted by Crippen LogP contribution is -1.53. The first-order chi connectivity index (χ1) is 5.00. The third-order valence-electron chi connectivity index (χ3n) is 0.614. The number of nitrogens with one attached hydrogen (secondary N) is 1. The number of H-pyrrole nitrogens is 1. The third-order valence-corrected chi connectivity index (χ3v) is 1.05. The fraction of sp³-hybridized carbons (Fsp3) is 0. The minimum Gasteiger partial charge on any atom is -0.266 e. The summed E-state index contributed by atoms with van der Waals surface area (Å²) in [6.07, 6.45) is 4.62. The SMILES string of the molecule is c1csnn1.c1nc[nH]n1. The number of hydrogen-bond acceptors (Lipinski definition) is 5. The Morgan fingerprint density at radius 2 is 2.40 bits per heavy atom. The quantitative estimate of drug-likeness (QED) is 0.595. The Hall–Kier alpha value is -1.30. The van der Waals surface area contributed by atoms with Gasteiger partial charge in [0.15, 0.2) is 0 Å². The predicted octanol–water partition coefficient (Wildman–Crippen LogP) is 0.343. The molecule has 0 fully saturated rings. The molecule has 52 valence electrons. The molecule has 0 spiro atoms. The van der Waals surface area contributed by atoms with E-state index in [1.165, 1.54) is 24.2 Å². The third kappa shape index (κ3) is 2.88. The molecule has 0 aromatic carbocycles. The van der Waals surface area contributed by atoms with Gasteiger partial charge < -0.3 is 0 Å².